The van der Waals surface area contributed by atoms with Crippen LogP contribution in [0.25, 0.3) is 0 Å². The highest BCUT2D eigenvalue weighted by Gasteiger charge is 2.66. The van der Waals surface area contributed by atoms with Crippen molar-refractivity contribution in [1.82, 2.24) is 5.06 Å². The second-order valence-corrected chi connectivity index (χ2v) is 10.7. The minimum Gasteiger partial charge on any atom is -0.330 e. The Morgan fingerprint density at radius 3 is 2.16 bits per heavy atom. The lowest BCUT2D eigenvalue weighted by atomic mass is 9.53. The highest BCUT2D eigenvalue weighted by Crippen LogP contribution is 2.63. The molecule has 8 heteroatoms. The van der Waals surface area contributed by atoms with Gasteiger partial charge in [-0.1, -0.05) is 0 Å². The Morgan fingerprint density at radius 2 is 1.55 bits per heavy atom. The zero-order chi connectivity index (χ0) is 21.2. The molecule has 2 saturated heterocycles. The van der Waals surface area contributed by atoms with E-state index in [1.54, 1.807) is 0 Å². The van der Waals surface area contributed by atoms with Gasteiger partial charge in [0, 0.05) is 43.9 Å². The normalized spacial score (nSPS) is 45.9. The van der Waals surface area contributed by atoms with Crippen LogP contribution in [-0.4, -0.2) is 34.4 Å². The lowest BCUT2D eigenvalue weighted by Crippen LogP contribution is -2.59. The number of carbonyl (C=O) groups is 3. The number of ether oxygens (including phenoxy) is 1. The minimum absolute atomic E-state index is 0.114. The predicted octanol–water partition coefficient (Wildman–Crippen LogP) is 3.39. The van der Waals surface area contributed by atoms with Gasteiger partial charge in [0.05, 0.1) is 0 Å². The Bertz CT molecular complexity index is 743. The van der Waals surface area contributed by atoms with Crippen molar-refractivity contribution in [3.8, 4) is 0 Å². The van der Waals surface area contributed by atoms with Crippen molar-refractivity contribution in [3.05, 3.63) is 0 Å². The number of carbonyl (C=O) groups excluding carboxylic acids is 3. The summed E-state index contributed by atoms with van der Waals surface area (Å²) in [6.07, 6.45) is 10.6. The fourth-order valence-corrected chi connectivity index (χ4v) is 7.33. The second kappa shape index (κ2) is 7.25. The van der Waals surface area contributed by atoms with Crippen LogP contribution in [-0.2, 0) is 33.7 Å². The van der Waals surface area contributed by atoms with Crippen molar-refractivity contribution in [2.24, 2.45) is 29.6 Å². The van der Waals surface area contributed by atoms with Gasteiger partial charge in [0.1, 0.15) is 0 Å². The molecule has 0 aromatic carbocycles. The summed E-state index contributed by atoms with van der Waals surface area (Å²) < 4.78 is 6.72. The Labute approximate surface area is 181 Å². The largest absolute Gasteiger partial charge is 0.333 e. The van der Waals surface area contributed by atoms with Crippen molar-refractivity contribution in [3.63, 3.8) is 0 Å². The van der Waals surface area contributed by atoms with E-state index in [2.05, 4.69) is 0 Å². The molecule has 0 aromatic rings. The molecule has 2 amide bonds. The molecule has 2 spiro atoms. The van der Waals surface area contributed by atoms with E-state index in [0.717, 1.165) is 37.5 Å². The van der Waals surface area contributed by atoms with E-state index in [4.69, 9.17) is 19.3 Å². The minimum atomic E-state index is -0.638. The molecule has 2 heterocycles. The maximum atomic E-state index is 12.1. The van der Waals surface area contributed by atoms with Gasteiger partial charge >= 0.3 is 5.97 Å². The third-order valence-electron chi connectivity index (χ3n) is 8.77. The van der Waals surface area contributed by atoms with Crippen molar-refractivity contribution >= 4 is 17.8 Å². The van der Waals surface area contributed by atoms with Gasteiger partial charge in [0.25, 0.3) is 11.8 Å². The van der Waals surface area contributed by atoms with Crippen molar-refractivity contribution in [1.29, 1.82) is 0 Å². The molecule has 8 nitrogen and oxygen atoms in total. The first-order valence-corrected chi connectivity index (χ1v) is 12.1. The van der Waals surface area contributed by atoms with Gasteiger partial charge in [0.2, 0.25) is 11.6 Å². The summed E-state index contributed by atoms with van der Waals surface area (Å²) >= 11 is 0. The third kappa shape index (κ3) is 3.33. The molecule has 0 atom stereocenters. The summed E-state index contributed by atoms with van der Waals surface area (Å²) in [4.78, 5) is 52.2. The highest BCUT2D eigenvalue weighted by atomic mass is 17.3. The van der Waals surface area contributed by atoms with Crippen molar-refractivity contribution < 1.29 is 33.7 Å². The van der Waals surface area contributed by atoms with Gasteiger partial charge in [-0.2, -0.15) is 9.78 Å². The first-order valence-electron chi connectivity index (χ1n) is 12.1. The second-order valence-electron chi connectivity index (χ2n) is 10.7. The zero-order valence-corrected chi connectivity index (χ0v) is 17.9. The highest BCUT2D eigenvalue weighted by molar-refractivity contribution is 6.01. The molecule has 0 N–H and O–H groups in total. The van der Waals surface area contributed by atoms with Crippen LogP contribution >= 0.6 is 0 Å². The molecule has 0 aromatic heterocycles. The Morgan fingerprint density at radius 1 is 0.935 bits per heavy atom. The molecule has 4 bridgehead atoms. The SMILES string of the molecule is O=C(CCC1CCC2(CC1)OOC1(O2)C2CC3CC(C2)CC1C3)ON1C(=O)CCC1=O. The number of hydrogen-bond donors (Lipinski definition) is 0. The number of nitrogens with zero attached hydrogens (tertiary/aromatic N) is 1. The van der Waals surface area contributed by atoms with E-state index in [1.807, 2.05) is 0 Å². The van der Waals surface area contributed by atoms with Crippen molar-refractivity contribution in [2.45, 2.75) is 95.0 Å². The Kier molecular flexibility index (Phi) is 4.71. The lowest BCUT2D eigenvalue weighted by molar-refractivity contribution is -0.390. The number of hydroxylamine groups is 2. The van der Waals surface area contributed by atoms with E-state index < -0.39 is 29.4 Å². The lowest BCUT2D eigenvalue weighted by Gasteiger charge is -2.57. The van der Waals surface area contributed by atoms with Crippen LogP contribution in [0.4, 0.5) is 0 Å². The number of rotatable bonds is 4. The summed E-state index contributed by atoms with van der Waals surface area (Å²) in [5.41, 5.74) is 0. The van der Waals surface area contributed by atoms with Crippen LogP contribution < -0.4 is 0 Å². The van der Waals surface area contributed by atoms with Crippen LogP contribution in [0.2, 0.25) is 0 Å². The third-order valence-corrected chi connectivity index (χ3v) is 8.77. The molecule has 7 rings (SSSR count). The standard InChI is InChI=1S/C23H31NO7/c25-19-2-3-20(26)24(19)28-21(27)4-1-14-5-7-22(8-6-14)29-23(31-30-22)17-10-15-9-16(12-17)13-18(23)11-15/h14-18H,1-13H2. The average Bonchev–Trinajstić information content (AvgIpc) is 3.28. The summed E-state index contributed by atoms with van der Waals surface area (Å²) in [6.45, 7) is 0. The van der Waals surface area contributed by atoms with E-state index in [9.17, 15) is 14.4 Å². The molecule has 5 saturated carbocycles. The van der Waals surface area contributed by atoms with Crippen LogP contribution in [0.3, 0.4) is 0 Å². The summed E-state index contributed by atoms with van der Waals surface area (Å²) in [6, 6.07) is 0. The summed E-state index contributed by atoms with van der Waals surface area (Å²) in [5, 5.41) is 0.625. The smallest absolute Gasteiger partial charge is 0.330 e. The Balaban J connectivity index is 1.01. The van der Waals surface area contributed by atoms with E-state index in [-0.39, 0.29) is 19.3 Å². The molecule has 31 heavy (non-hydrogen) atoms. The Hall–Kier alpha value is -1.51. The molecule has 7 fully saturated rings. The zero-order valence-electron chi connectivity index (χ0n) is 17.9. The maximum absolute atomic E-state index is 12.1. The van der Waals surface area contributed by atoms with Gasteiger partial charge in [-0.25, -0.2) is 4.79 Å². The number of amides is 2. The van der Waals surface area contributed by atoms with E-state index in [1.165, 1.54) is 32.1 Å². The van der Waals surface area contributed by atoms with Gasteiger partial charge in [-0.05, 0) is 69.1 Å². The first kappa shape index (κ1) is 20.1. The summed E-state index contributed by atoms with van der Waals surface area (Å²) in [7, 11) is 0. The summed E-state index contributed by atoms with van der Waals surface area (Å²) in [5.74, 6) is 0.424. The predicted molar refractivity (Wildman–Crippen MR) is 104 cm³/mol. The molecular formula is C23H31NO7. The number of imide groups is 1. The van der Waals surface area contributed by atoms with Crippen LogP contribution in [0.5, 0.6) is 0 Å². The van der Waals surface area contributed by atoms with Gasteiger partial charge in [-0.15, -0.1) is 5.06 Å². The monoisotopic (exact) mass is 433 g/mol. The van der Waals surface area contributed by atoms with Crippen LogP contribution in [0.1, 0.15) is 83.5 Å². The first-order chi connectivity index (χ1) is 14.9. The van der Waals surface area contributed by atoms with Crippen LogP contribution in [0, 0.1) is 29.6 Å². The van der Waals surface area contributed by atoms with Gasteiger partial charge in [-0.3, -0.25) is 9.59 Å². The molecule has 2 aliphatic heterocycles. The maximum Gasteiger partial charge on any atom is 0.333 e. The quantitative estimate of drug-likeness (QED) is 0.496. The molecule has 7 aliphatic rings. The van der Waals surface area contributed by atoms with Gasteiger partial charge < -0.3 is 9.57 Å². The van der Waals surface area contributed by atoms with Gasteiger partial charge in [0.15, 0.2) is 0 Å². The molecule has 170 valence electrons. The fraction of sp³-hybridized carbons (Fsp3) is 0.870. The molecular weight excluding hydrogens is 402 g/mol. The topological polar surface area (TPSA) is 91.4 Å². The van der Waals surface area contributed by atoms with E-state index in [0.29, 0.717) is 29.2 Å². The molecule has 0 radical (unpaired) electrons. The van der Waals surface area contributed by atoms with Crippen LogP contribution in [0.15, 0.2) is 0 Å². The van der Waals surface area contributed by atoms with E-state index >= 15 is 0 Å². The molecule has 0 unspecified atom stereocenters. The average molecular weight is 434 g/mol. The van der Waals surface area contributed by atoms with Crippen molar-refractivity contribution in [2.75, 3.05) is 0 Å². The number of hydrogen-bond acceptors (Lipinski definition) is 7. The fourth-order valence-electron chi connectivity index (χ4n) is 7.33. The molecule has 5 aliphatic carbocycles.